The van der Waals surface area contributed by atoms with E-state index in [4.69, 9.17) is 5.73 Å². The van der Waals surface area contributed by atoms with Crippen LogP contribution in [0.1, 0.15) is 12.8 Å². The minimum absolute atomic E-state index is 0.182. The highest BCUT2D eigenvalue weighted by molar-refractivity contribution is 7.87. The lowest BCUT2D eigenvalue weighted by Crippen LogP contribution is -2.45. The van der Waals surface area contributed by atoms with Gasteiger partial charge in [0.05, 0.1) is 0 Å². The fourth-order valence-electron chi connectivity index (χ4n) is 1.51. The number of nitrogens with zero attached hydrogens (tertiary/aromatic N) is 1. The molecule has 1 aliphatic heterocycles. The van der Waals surface area contributed by atoms with Gasteiger partial charge in [0.1, 0.15) is 0 Å². The molecule has 1 amide bonds. The topological polar surface area (TPSA) is 92.5 Å². The Balaban J connectivity index is 2.56. The predicted octanol–water partition coefficient (Wildman–Crippen LogP) is -1.35. The maximum absolute atomic E-state index is 11.3. The zero-order valence-electron chi connectivity index (χ0n) is 8.06. The molecule has 3 N–H and O–H groups in total. The van der Waals surface area contributed by atoms with E-state index < -0.39 is 10.2 Å². The quantitative estimate of drug-likeness (QED) is 0.617. The fraction of sp³-hybridized carbons (Fsp3) is 0.857. The Morgan fingerprint density at radius 3 is 2.29 bits per heavy atom. The fourth-order valence-corrected chi connectivity index (χ4v) is 2.46. The van der Waals surface area contributed by atoms with Crippen molar-refractivity contribution in [3.05, 3.63) is 0 Å². The van der Waals surface area contributed by atoms with Gasteiger partial charge in [0.25, 0.3) is 10.2 Å². The summed E-state index contributed by atoms with van der Waals surface area (Å²) in [6.07, 6.45) is 1.02. The van der Waals surface area contributed by atoms with Crippen molar-refractivity contribution in [3.63, 3.8) is 0 Å². The van der Waals surface area contributed by atoms with Gasteiger partial charge in [-0.3, -0.25) is 4.79 Å². The third-order valence-electron chi connectivity index (χ3n) is 2.45. The zero-order valence-corrected chi connectivity index (χ0v) is 8.88. The normalized spacial score (nSPS) is 20.9. The molecule has 82 valence electrons. The molecule has 6 nitrogen and oxygen atoms in total. The van der Waals surface area contributed by atoms with Crippen molar-refractivity contribution in [2.75, 3.05) is 20.1 Å². The van der Waals surface area contributed by atoms with E-state index in [0.717, 1.165) is 0 Å². The van der Waals surface area contributed by atoms with Gasteiger partial charge in [0.2, 0.25) is 5.91 Å². The number of carbonyl (C=O) groups excluding carboxylic acids is 1. The molecule has 7 heteroatoms. The second-order valence-electron chi connectivity index (χ2n) is 3.28. The van der Waals surface area contributed by atoms with Gasteiger partial charge < -0.3 is 5.73 Å². The largest absolute Gasteiger partial charge is 0.369 e. The number of hydrogen-bond donors (Lipinski definition) is 2. The third kappa shape index (κ3) is 2.43. The minimum Gasteiger partial charge on any atom is -0.369 e. The van der Waals surface area contributed by atoms with Crippen molar-refractivity contribution in [1.29, 1.82) is 0 Å². The van der Waals surface area contributed by atoms with Crippen molar-refractivity contribution in [1.82, 2.24) is 9.03 Å². The number of piperidine rings is 1. The van der Waals surface area contributed by atoms with E-state index in [1.165, 1.54) is 11.4 Å². The predicted molar refractivity (Wildman–Crippen MR) is 51.5 cm³/mol. The minimum atomic E-state index is -3.34. The van der Waals surface area contributed by atoms with E-state index in [2.05, 4.69) is 4.72 Å². The lowest BCUT2D eigenvalue weighted by Gasteiger charge is -2.29. The molecule has 0 unspecified atom stereocenters. The average molecular weight is 221 g/mol. The molecule has 0 saturated carbocycles. The van der Waals surface area contributed by atoms with Crippen molar-refractivity contribution < 1.29 is 13.2 Å². The van der Waals surface area contributed by atoms with Gasteiger partial charge in [-0.25, -0.2) is 4.72 Å². The van der Waals surface area contributed by atoms with E-state index in [1.54, 1.807) is 0 Å². The summed E-state index contributed by atoms with van der Waals surface area (Å²) in [5, 5.41) is 0. The lowest BCUT2D eigenvalue weighted by molar-refractivity contribution is -0.122. The van der Waals surface area contributed by atoms with E-state index in [-0.39, 0.29) is 11.8 Å². The SMILES string of the molecule is CNS(=O)(=O)N1CCC(C(N)=O)CC1. The molecule has 1 saturated heterocycles. The molecule has 14 heavy (non-hydrogen) atoms. The van der Waals surface area contributed by atoms with Crippen LogP contribution in [0.25, 0.3) is 0 Å². The molecular weight excluding hydrogens is 206 g/mol. The van der Waals surface area contributed by atoms with Gasteiger partial charge in [-0.1, -0.05) is 0 Å². The van der Waals surface area contributed by atoms with Crippen LogP contribution in [0.2, 0.25) is 0 Å². The Hall–Kier alpha value is -0.660. The Labute approximate surface area is 83.6 Å². The molecule has 0 aromatic heterocycles. The molecule has 1 rings (SSSR count). The summed E-state index contributed by atoms with van der Waals surface area (Å²) in [6, 6.07) is 0. The first-order valence-corrected chi connectivity index (χ1v) is 5.89. The van der Waals surface area contributed by atoms with Crippen LogP contribution in [0.15, 0.2) is 0 Å². The first kappa shape index (κ1) is 11.4. The number of hydrogen-bond acceptors (Lipinski definition) is 3. The van der Waals surface area contributed by atoms with Crippen molar-refractivity contribution in [2.24, 2.45) is 11.7 Å². The first-order valence-electron chi connectivity index (χ1n) is 4.45. The van der Waals surface area contributed by atoms with Crippen LogP contribution in [0.5, 0.6) is 0 Å². The summed E-state index contributed by atoms with van der Waals surface area (Å²) in [7, 11) is -1.97. The van der Waals surface area contributed by atoms with E-state index >= 15 is 0 Å². The first-order chi connectivity index (χ1) is 6.47. The van der Waals surface area contributed by atoms with Crippen LogP contribution in [0.4, 0.5) is 0 Å². The number of primary amides is 1. The molecule has 0 aromatic rings. The van der Waals surface area contributed by atoms with Crippen molar-refractivity contribution in [3.8, 4) is 0 Å². The Morgan fingerprint density at radius 1 is 1.43 bits per heavy atom. The van der Waals surface area contributed by atoms with Gasteiger partial charge in [-0.05, 0) is 12.8 Å². The van der Waals surface area contributed by atoms with Crippen molar-refractivity contribution in [2.45, 2.75) is 12.8 Å². The zero-order chi connectivity index (χ0) is 10.8. The van der Waals surface area contributed by atoms with Gasteiger partial charge >= 0.3 is 0 Å². The molecule has 1 fully saturated rings. The highest BCUT2D eigenvalue weighted by atomic mass is 32.2. The van der Waals surface area contributed by atoms with Crippen LogP contribution in [-0.4, -0.2) is 38.8 Å². The van der Waals surface area contributed by atoms with Gasteiger partial charge in [0, 0.05) is 26.1 Å². The maximum Gasteiger partial charge on any atom is 0.279 e. The molecule has 0 bridgehead atoms. The molecule has 0 aliphatic carbocycles. The van der Waals surface area contributed by atoms with Gasteiger partial charge in [-0.2, -0.15) is 12.7 Å². The van der Waals surface area contributed by atoms with Crippen LogP contribution in [-0.2, 0) is 15.0 Å². The molecule has 0 radical (unpaired) electrons. The van der Waals surface area contributed by atoms with E-state index in [1.807, 2.05) is 0 Å². The molecule has 0 aromatic carbocycles. The number of nitrogens with one attached hydrogen (secondary N) is 1. The van der Waals surface area contributed by atoms with Crippen LogP contribution in [0, 0.1) is 5.92 Å². The highest BCUT2D eigenvalue weighted by Gasteiger charge is 2.28. The molecule has 0 spiro atoms. The molecule has 1 aliphatic rings. The smallest absolute Gasteiger partial charge is 0.279 e. The summed E-state index contributed by atoms with van der Waals surface area (Å²) < 4.78 is 26.2. The summed E-state index contributed by atoms with van der Waals surface area (Å²) in [5.41, 5.74) is 5.13. The second-order valence-corrected chi connectivity index (χ2v) is 5.16. The molecule has 1 heterocycles. The van der Waals surface area contributed by atoms with Crippen LogP contribution in [0.3, 0.4) is 0 Å². The third-order valence-corrected chi connectivity index (χ3v) is 4.02. The summed E-state index contributed by atoms with van der Waals surface area (Å²) in [5.74, 6) is -0.523. The van der Waals surface area contributed by atoms with Crippen molar-refractivity contribution >= 4 is 16.1 Å². The lowest BCUT2D eigenvalue weighted by atomic mass is 9.98. The maximum atomic E-state index is 11.3. The summed E-state index contributed by atoms with van der Waals surface area (Å²) >= 11 is 0. The van der Waals surface area contributed by atoms with Gasteiger partial charge in [-0.15, -0.1) is 0 Å². The van der Waals surface area contributed by atoms with Gasteiger partial charge in [0.15, 0.2) is 0 Å². The van der Waals surface area contributed by atoms with Crippen LogP contribution < -0.4 is 10.5 Å². The number of nitrogens with two attached hydrogens (primary N) is 1. The Bertz CT molecular complexity index is 306. The second kappa shape index (κ2) is 4.24. The van der Waals surface area contributed by atoms with Crippen LogP contribution >= 0.6 is 0 Å². The average Bonchev–Trinajstić information content (AvgIpc) is 2.18. The van der Waals surface area contributed by atoms with E-state index in [0.29, 0.717) is 25.9 Å². The number of carbonyl (C=O) groups is 1. The van der Waals surface area contributed by atoms with E-state index in [9.17, 15) is 13.2 Å². The number of rotatable bonds is 3. The standard InChI is InChI=1S/C7H15N3O3S/c1-9-14(12,13)10-4-2-6(3-5-10)7(8)11/h6,9H,2-5H2,1H3,(H2,8,11). The molecule has 0 atom stereocenters. The highest BCUT2D eigenvalue weighted by Crippen LogP contribution is 2.18. The molecular formula is C7H15N3O3S. The monoisotopic (exact) mass is 221 g/mol. The number of amides is 1. The summed E-state index contributed by atoms with van der Waals surface area (Å²) in [6.45, 7) is 0.716. The summed E-state index contributed by atoms with van der Waals surface area (Å²) in [4.78, 5) is 10.8. The Morgan fingerprint density at radius 2 is 1.93 bits per heavy atom. The Kier molecular flexibility index (Phi) is 3.46.